The van der Waals surface area contributed by atoms with Crippen molar-refractivity contribution in [3.8, 4) is 34.0 Å². The van der Waals surface area contributed by atoms with Gasteiger partial charge < -0.3 is 20.9 Å². The van der Waals surface area contributed by atoms with Gasteiger partial charge in [0.15, 0.2) is 10.3 Å². The quantitative estimate of drug-likeness (QED) is 0.269. The minimum absolute atomic E-state index is 0.475. The maximum atomic E-state index is 5.99. The standard InChI is InChI=1S/C26H22N4O2S2/c27-25-29-23(15-33-25)19-3-1-5-21(11-19)31-13-17-7-9-18(10-8-17)14-32-22-6-2-4-20(12-22)24-16-34-26(28)30-24/h1-12,15-16H,13-14H2,(H2,27,29)(H2,28,30). The number of ether oxygens (including phenoxy) is 2. The molecule has 0 unspecified atom stereocenters. The first kappa shape index (κ1) is 21.9. The number of nitrogens with two attached hydrogens (primary N) is 2. The molecule has 2 heterocycles. The molecule has 0 fully saturated rings. The van der Waals surface area contributed by atoms with E-state index in [-0.39, 0.29) is 0 Å². The molecule has 8 heteroatoms. The molecule has 0 aliphatic rings. The van der Waals surface area contributed by atoms with Crippen molar-refractivity contribution in [2.45, 2.75) is 13.2 Å². The van der Waals surface area contributed by atoms with Gasteiger partial charge in [-0.3, -0.25) is 0 Å². The van der Waals surface area contributed by atoms with Crippen molar-refractivity contribution < 1.29 is 9.47 Å². The average molecular weight is 487 g/mol. The largest absolute Gasteiger partial charge is 0.489 e. The lowest BCUT2D eigenvalue weighted by atomic mass is 10.1. The minimum Gasteiger partial charge on any atom is -0.489 e. The summed E-state index contributed by atoms with van der Waals surface area (Å²) in [6.07, 6.45) is 0. The van der Waals surface area contributed by atoms with Crippen molar-refractivity contribution in [2.75, 3.05) is 11.5 Å². The second-order valence-corrected chi connectivity index (χ2v) is 9.37. The van der Waals surface area contributed by atoms with E-state index in [1.165, 1.54) is 22.7 Å². The van der Waals surface area contributed by atoms with Crippen molar-refractivity contribution in [1.29, 1.82) is 0 Å². The Bertz CT molecular complexity index is 1290. The van der Waals surface area contributed by atoms with Crippen molar-refractivity contribution in [1.82, 2.24) is 9.97 Å². The number of nitrogen functional groups attached to an aromatic ring is 2. The van der Waals surface area contributed by atoms with Gasteiger partial charge in [-0.1, -0.05) is 48.5 Å². The zero-order chi connectivity index (χ0) is 23.3. The first-order valence-electron chi connectivity index (χ1n) is 10.6. The normalized spacial score (nSPS) is 10.8. The maximum Gasteiger partial charge on any atom is 0.180 e. The third kappa shape index (κ3) is 5.36. The Morgan fingerprint density at radius 2 is 1.06 bits per heavy atom. The summed E-state index contributed by atoms with van der Waals surface area (Å²) >= 11 is 2.86. The third-order valence-corrected chi connectivity index (χ3v) is 6.49. The van der Waals surface area contributed by atoms with Crippen molar-refractivity contribution in [3.63, 3.8) is 0 Å². The predicted molar refractivity (Wildman–Crippen MR) is 139 cm³/mol. The molecule has 0 saturated carbocycles. The number of aromatic nitrogens is 2. The summed E-state index contributed by atoms with van der Waals surface area (Å²) in [5.41, 5.74) is 17.3. The fraction of sp³-hybridized carbons (Fsp3) is 0.0769. The molecule has 0 spiro atoms. The number of anilines is 2. The smallest absolute Gasteiger partial charge is 0.180 e. The van der Waals surface area contributed by atoms with Crippen molar-refractivity contribution >= 4 is 32.9 Å². The molecule has 0 atom stereocenters. The summed E-state index contributed by atoms with van der Waals surface area (Å²) < 4.78 is 12.0. The molecule has 0 aliphatic heterocycles. The van der Waals surface area contributed by atoms with Crippen LogP contribution in [0.2, 0.25) is 0 Å². The molecule has 5 rings (SSSR count). The van der Waals surface area contributed by atoms with Gasteiger partial charge in [-0.05, 0) is 35.4 Å². The van der Waals surface area contributed by atoms with E-state index in [4.69, 9.17) is 20.9 Å². The van der Waals surface area contributed by atoms with Crippen LogP contribution >= 0.6 is 22.7 Å². The highest BCUT2D eigenvalue weighted by Crippen LogP contribution is 2.28. The lowest BCUT2D eigenvalue weighted by molar-refractivity contribution is 0.303. The van der Waals surface area contributed by atoms with E-state index in [0.717, 1.165) is 45.1 Å². The first-order chi connectivity index (χ1) is 16.6. The fourth-order valence-electron chi connectivity index (χ4n) is 3.40. The first-order valence-corrected chi connectivity index (χ1v) is 12.3. The van der Waals surface area contributed by atoms with Crippen LogP contribution in [0.15, 0.2) is 83.6 Å². The van der Waals surface area contributed by atoms with Crippen LogP contribution in [-0.2, 0) is 13.2 Å². The molecule has 2 aromatic heterocycles. The topological polar surface area (TPSA) is 96.3 Å². The van der Waals surface area contributed by atoms with Gasteiger partial charge >= 0.3 is 0 Å². The Morgan fingerprint density at radius 1 is 0.618 bits per heavy atom. The number of hydrogen-bond acceptors (Lipinski definition) is 8. The Hall–Kier alpha value is -3.88. The molecule has 5 aromatic rings. The summed E-state index contributed by atoms with van der Waals surface area (Å²) in [7, 11) is 0. The minimum atomic E-state index is 0.475. The molecular weight excluding hydrogens is 464 g/mol. The van der Waals surface area contributed by atoms with Crippen molar-refractivity contribution in [2.24, 2.45) is 0 Å². The highest BCUT2D eigenvalue weighted by Gasteiger charge is 2.06. The molecule has 34 heavy (non-hydrogen) atoms. The van der Waals surface area contributed by atoms with E-state index in [1.807, 2.05) is 59.3 Å². The molecule has 4 N–H and O–H groups in total. The molecule has 170 valence electrons. The summed E-state index contributed by atoms with van der Waals surface area (Å²) in [6.45, 7) is 0.950. The highest BCUT2D eigenvalue weighted by atomic mass is 32.1. The van der Waals surface area contributed by atoms with Crippen LogP contribution in [0.3, 0.4) is 0 Å². The molecular formula is C26H22N4O2S2. The molecule has 0 saturated heterocycles. The summed E-state index contributed by atoms with van der Waals surface area (Å²) in [4.78, 5) is 8.66. The van der Waals surface area contributed by atoms with E-state index in [1.54, 1.807) is 0 Å². The van der Waals surface area contributed by atoms with E-state index in [9.17, 15) is 0 Å². The van der Waals surface area contributed by atoms with Crippen LogP contribution in [0.25, 0.3) is 22.5 Å². The third-order valence-electron chi connectivity index (χ3n) is 5.14. The molecule has 0 radical (unpaired) electrons. The molecule has 6 nitrogen and oxygen atoms in total. The number of thiazole rings is 2. The van der Waals surface area contributed by atoms with Gasteiger partial charge in [-0.25, -0.2) is 9.97 Å². The highest BCUT2D eigenvalue weighted by molar-refractivity contribution is 7.14. The van der Waals surface area contributed by atoms with Crippen LogP contribution in [-0.4, -0.2) is 9.97 Å². The second kappa shape index (κ2) is 9.94. The van der Waals surface area contributed by atoms with Crippen LogP contribution in [0.5, 0.6) is 11.5 Å². The van der Waals surface area contributed by atoms with Gasteiger partial charge in [-0.2, -0.15) is 0 Å². The van der Waals surface area contributed by atoms with Gasteiger partial charge in [0.2, 0.25) is 0 Å². The zero-order valence-corrected chi connectivity index (χ0v) is 19.8. The van der Waals surface area contributed by atoms with Gasteiger partial charge in [0.1, 0.15) is 24.7 Å². The Kier molecular flexibility index (Phi) is 6.42. The van der Waals surface area contributed by atoms with Crippen LogP contribution in [0.1, 0.15) is 11.1 Å². The Morgan fingerprint density at radius 3 is 1.44 bits per heavy atom. The molecule has 3 aromatic carbocycles. The van der Waals surface area contributed by atoms with E-state index in [2.05, 4.69) is 34.2 Å². The van der Waals surface area contributed by atoms with Crippen LogP contribution < -0.4 is 20.9 Å². The van der Waals surface area contributed by atoms with Crippen LogP contribution in [0.4, 0.5) is 10.3 Å². The summed E-state index contributed by atoms with van der Waals surface area (Å²) in [6, 6.07) is 24.0. The lowest BCUT2D eigenvalue weighted by Crippen LogP contribution is -1.98. The molecule has 0 bridgehead atoms. The zero-order valence-electron chi connectivity index (χ0n) is 18.2. The van der Waals surface area contributed by atoms with Gasteiger partial charge in [0, 0.05) is 21.9 Å². The number of nitrogens with zero attached hydrogens (tertiary/aromatic N) is 2. The summed E-state index contributed by atoms with van der Waals surface area (Å²) in [5, 5.41) is 5.01. The van der Waals surface area contributed by atoms with Gasteiger partial charge in [0.25, 0.3) is 0 Å². The summed E-state index contributed by atoms with van der Waals surface area (Å²) in [5.74, 6) is 1.58. The van der Waals surface area contributed by atoms with E-state index >= 15 is 0 Å². The molecule has 0 amide bonds. The number of benzene rings is 3. The Balaban J connectivity index is 1.17. The average Bonchev–Trinajstić information content (AvgIpc) is 3.51. The SMILES string of the molecule is Nc1nc(-c2cccc(OCc3ccc(COc4cccc(-c5csc(N)n5)c4)cc3)c2)cs1. The maximum absolute atomic E-state index is 5.99. The van der Waals surface area contributed by atoms with Gasteiger partial charge in [0.05, 0.1) is 11.4 Å². The van der Waals surface area contributed by atoms with Crippen molar-refractivity contribution in [3.05, 3.63) is 94.7 Å². The fourth-order valence-corrected chi connectivity index (χ4v) is 4.54. The number of rotatable bonds is 8. The lowest BCUT2D eigenvalue weighted by Gasteiger charge is -2.10. The monoisotopic (exact) mass is 486 g/mol. The number of hydrogen-bond donors (Lipinski definition) is 2. The predicted octanol–water partition coefficient (Wildman–Crippen LogP) is 6.26. The van der Waals surface area contributed by atoms with Crippen LogP contribution in [0, 0.1) is 0 Å². The van der Waals surface area contributed by atoms with E-state index in [0.29, 0.717) is 23.5 Å². The van der Waals surface area contributed by atoms with E-state index < -0.39 is 0 Å². The molecule has 0 aliphatic carbocycles. The second-order valence-electron chi connectivity index (χ2n) is 7.59. The Labute approximate surface area is 205 Å². The van der Waals surface area contributed by atoms with Gasteiger partial charge in [-0.15, -0.1) is 22.7 Å².